The summed E-state index contributed by atoms with van der Waals surface area (Å²) in [4.78, 5) is 17.7. The summed E-state index contributed by atoms with van der Waals surface area (Å²) < 4.78 is 11.3. The number of aromatic nitrogens is 1. The number of fused-ring (bicyclic) bond motifs is 3. The molecule has 172 valence electrons. The Morgan fingerprint density at radius 1 is 1.18 bits per heavy atom. The van der Waals surface area contributed by atoms with Crippen molar-refractivity contribution in [1.29, 1.82) is 0 Å². The largest absolute Gasteiger partial charge is 0.488 e. The van der Waals surface area contributed by atoms with Crippen LogP contribution in [-0.4, -0.2) is 54.7 Å². The SMILES string of the molecule is Cc1cccc(N2CCN(CCCNC(=O)c3noc4c3COc3ccccc3-4)C[C@H]2C)c1. The summed E-state index contributed by atoms with van der Waals surface area (Å²) >= 11 is 0. The van der Waals surface area contributed by atoms with Gasteiger partial charge in [-0.2, -0.15) is 0 Å². The molecular formula is C26H30N4O3. The molecule has 0 bridgehead atoms. The van der Waals surface area contributed by atoms with E-state index >= 15 is 0 Å². The second-order valence-electron chi connectivity index (χ2n) is 8.92. The Kier molecular flexibility index (Phi) is 6.05. The van der Waals surface area contributed by atoms with E-state index < -0.39 is 0 Å². The fourth-order valence-corrected chi connectivity index (χ4v) is 4.78. The van der Waals surface area contributed by atoms with Gasteiger partial charge < -0.3 is 19.5 Å². The van der Waals surface area contributed by atoms with Gasteiger partial charge in [0.25, 0.3) is 5.91 Å². The summed E-state index contributed by atoms with van der Waals surface area (Å²) in [6.45, 7) is 9.34. The normalized spacial score (nSPS) is 17.8. The van der Waals surface area contributed by atoms with E-state index in [1.54, 1.807) is 0 Å². The fourth-order valence-electron chi connectivity index (χ4n) is 4.78. The Morgan fingerprint density at radius 3 is 2.91 bits per heavy atom. The maximum Gasteiger partial charge on any atom is 0.273 e. The summed E-state index contributed by atoms with van der Waals surface area (Å²) in [5.41, 5.74) is 4.47. The van der Waals surface area contributed by atoms with Gasteiger partial charge in [0.15, 0.2) is 11.5 Å². The number of nitrogens with zero attached hydrogens (tertiary/aromatic N) is 3. The molecule has 0 unspecified atom stereocenters. The molecule has 0 saturated carbocycles. The van der Waals surface area contributed by atoms with Crippen molar-refractivity contribution in [3.05, 3.63) is 65.4 Å². The van der Waals surface area contributed by atoms with E-state index in [2.05, 4.69) is 58.4 Å². The maximum absolute atomic E-state index is 12.7. The molecule has 1 atom stereocenters. The molecule has 0 radical (unpaired) electrons. The molecule has 2 aliphatic heterocycles. The van der Waals surface area contributed by atoms with Crippen LogP contribution in [0.4, 0.5) is 5.69 Å². The van der Waals surface area contributed by atoms with Gasteiger partial charge in [0.1, 0.15) is 12.4 Å². The third kappa shape index (κ3) is 4.46. The predicted molar refractivity (Wildman–Crippen MR) is 128 cm³/mol. The highest BCUT2D eigenvalue weighted by atomic mass is 16.5. The lowest BCUT2D eigenvalue weighted by molar-refractivity contribution is 0.0940. The predicted octanol–water partition coefficient (Wildman–Crippen LogP) is 3.87. The molecular weight excluding hydrogens is 416 g/mol. The summed E-state index contributed by atoms with van der Waals surface area (Å²) in [6, 6.07) is 16.8. The number of piperazine rings is 1. The Bertz CT molecular complexity index is 1140. The number of carbonyl (C=O) groups excluding carboxylic acids is 1. The van der Waals surface area contributed by atoms with E-state index in [0.717, 1.165) is 43.9 Å². The van der Waals surface area contributed by atoms with Crippen LogP contribution in [0.5, 0.6) is 5.75 Å². The maximum atomic E-state index is 12.7. The fraction of sp³-hybridized carbons (Fsp3) is 0.385. The minimum Gasteiger partial charge on any atom is -0.488 e. The van der Waals surface area contributed by atoms with Gasteiger partial charge in [-0.15, -0.1) is 0 Å². The third-order valence-electron chi connectivity index (χ3n) is 6.49. The van der Waals surface area contributed by atoms with Crippen molar-refractivity contribution in [3.8, 4) is 17.1 Å². The first-order valence-electron chi connectivity index (χ1n) is 11.6. The standard InChI is InChI=1S/C26H30N4O3/c1-18-7-5-8-20(15-18)30-14-13-29(16-19(30)2)12-6-11-27-26(31)24-22-17-32-23-10-4-3-9-21(23)25(22)33-28-24/h3-5,7-10,15,19H,6,11-14,16-17H2,1-2H3,(H,27,31)/t19-/m1/s1. The number of anilines is 1. The van der Waals surface area contributed by atoms with Gasteiger partial charge in [0, 0.05) is 37.9 Å². The molecule has 0 aliphatic carbocycles. The molecule has 7 heteroatoms. The lowest BCUT2D eigenvalue weighted by atomic mass is 10.0. The number of rotatable bonds is 6. The molecule has 2 aromatic carbocycles. The van der Waals surface area contributed by atoms with Crippen LogP contribution in [0.25, 0.3) is 11.3 Å². The van der Waals surface area contributed by atoms with Crippen LogP contribution >= 0.6 is 0 Å². The average molecular weight is 447 g/mol. The van der Waals surface area contributed by atoms with E-state index in [4.69, 9.17) is 9.26 Å². The first kappa shape index (κ1) is 21.5. The van der Waals surface area contributed by atoms with Gasteiger partial charge in [0.05, 0.1) is 11.1 Å². The lowest BCUT2D eigenvalue weighted by Gasteiger charge is -2.41. The van der Waals surface area contributed by atoms with E-state index in [9.17, 15) is 4.79 Å². The number of hydrogen-bond donors (Lipinski definition) is 1. The van der Waals surface area contributed by atoms with Gasteiger partial charge >= 0.3 is 0 Å². The van der Waals surface area contributed by atoms with Crippen molar-refractivity contribution < 1.29 is 14.1 Å². The molecule has 1 aromatic heterocycles. The van der Waals surface area contributed by atoms with E-state index in [0.29, 0.717) is 36.2 Å². The van der Waals surface area contributed by atoms with Gasteiger partial charge in [-0.1, -0.05) is 29.4 Å². The van der Waals surface area contributed by atoms with Crippen LogP contribution in [0.1, 0.15) is 35.0 Å². The highest BCUT2D eigenvalue weighted by molar-refractivity contribution is 5.95. The molecule has 1 amide bonds. The number of hydrogen-bond acceptors (Lipinski definition) is 6. The molecule has 2 aliphatic rings. The Morgan fingerprint density at radius 2 is 2.06 bits per heavy atom. The van der Waals surface area contributed by atoms with Crippen LogP contribution in [0.3, 0.4) is 0 Å². The molecule has 33 heavy (non-hydrogen) atoms. The molecule has 3 aromatic rings. The number of amides is 1. The van der Waals surface area contributed by atoms with Crippen LogP contribution in [0.15, 0.2) is 53.1 Å². The first-order valence-corrected chi connectivity index (χ1v) is 11.6. The summed E-state index contributed by atoms with van der Waals surface area (Å²) in [7, 11) is 0. The third-order valence-corrected chi connectivity index (χ3v) is 6.49. The summed E-state index contributed by atoms with van der Waals surface area (Å²) in [5, 5.41) is 7.03. The van der Waals surface area contributed by atoms with Gasteiger partial charge in [-0.25, -0.2) is 0 Å². The zero-order valence-corrected chi connectivity index (χ0v) is 19.2. The molecule has 1 N–H and O–H groups in total. The smallest absolute Gasteiger partial charge is 0.273 e. The van der Waals surface area contributed by atoms with Gasteiger partial charge in [-0.05, 0) is 56.6 Å². The van der Waals surface area contributed by atoms with Crippen molar-refractivity contribution in [2.24, 2.45) is 0 Å². The second kappa shape index (κ2) is 9.27. The Hall–Kier alpha value is -3.32. The van der Waals surface area contributed by atoms with Crippen LogP contribution in [-0.2, 0) is 6.61 Å². The van der Waals surface area contributed by atoms with Crippen LogP contribution in [0, 0.1) is 6.92 Å². The quantitative estimate of drug-likeness (QED) is 0.580. The number of para-hydroxylation sites is 1. The summed E-state index contributed by atoms with van der Waals surface area (Å²) in [6.07, 6.45) is 0.891. The minimum atomic E-state index is -0.208. The highest BCUT2D eigenvalue weighted by Gasteiger charge is 2.28. The topological polar surface area (TPSA) is 70.8 Å². The van der Waals surface area contributed by atoms with Gasteiger partial charge in [-0.3, -0.25) is 9.69 Å². The van der Waals surface area contributed by atoms with Crippen molar-refractivity contribution >= 4 is 11.6 Å². The number of benzene rings is 2. The average Bonchev–Trinajstić information content (AvgIpc) is 3.27. The van der Waals surface area contributed by atoms with E-state index in [1.807, 2.05) is 24.3 Å². The van der Waals surface area contributed by atoms with Crippen molar-refractivity contribution in [2.75, 3.05) is 37.6 Å². The van der Waals surface area contributed by atoms with Gasteiger partial charge in [0.2, 0.25) is 0 Å². The molecule has 1 fully saturated rings. The first-order chi connectivity index (χ1) is 16.1. The minimum absolute atomic E-state index is 0.208. The van der Waals surface area contributed by atoms with Crippen molar-refractivity contribution in [2.45, 2.75) is 32.9 Å². The zero-order chi connectivity index (χ0) is 22.8. The number of nitrogens with one attached hydrogen (secondary N) is 1. The zero-order valence-electron chi connectivity index (χ0n) is 19.2. The lowest BCUT2D eigenvalue weighted by Crippen LogP contribution is -2.52. The van der Waals surface area contributed by atoms with Crippen molar-refractivity contribution in [1.82, 2.24) is 15.4 Å². The van der Waals surface area contributed by atoms with Crippen LogP contribution < -0.4 is 15.0 Å². The highest BCUT2D eigenvalue weighted by Crippen LogP contribution is 2.38. The molecule has 0 spiro atoms. The monoisotopic (exact) mass is 446 g/mol. The Labute approximate surface area is 194 Å². The molecule has 7 nitrogen and oxygen atoms in total. The van der Waals surface area contributed by atoms with E-state index in [-0.39, 0.29) is 5.91 Å². The van der Waals surface area contributed by atoms with Crippen molar-refractivity contribution in [3.63, 3.8) is 0 Å². The van der Waals surface area contributed by atoms with Crippen LogP contribution in [0.2, 0.25) is 0 Å². The molecule has 1 saturated heterocycles. The number of aryl methyl sites for hydroxylation is 1. The summed E-state index contributed by atoms with van der Waals surface area (Å²) in [5.74, 6) is 1.17. The second-order valence-corrected chi connectivity index (χ2v) is 8.92. The Balaban J connectivity index is 1.10. The van der Waals surface area contributed by atoms with E-state index in [1.165, 1.54) is 11.3 Å². The molecule has 3 heterocycles. The molecule has 5 rings (SSSR count). The number of ether oxygens (including phenoxy) is 1. The number of carbonyl (C=O) groups is 1.